The summed E-state index contributed by atoms with van der Waals surface area (Å²) in [4.78, 5) is 14.5. The zero-order chi connectivity index (χ0) is 13.8. The molecule has 3 fully saturated rings. The van der Waals surface area contributed by atoms with Gasteiger partial charge in [0.25, 0.3) is 0 Å². The van der Waals surface area contributed by atoms with Crippen LogP contribution in [0.4, 0.5) is 0 Å². The van der Waals surface area contributed by atoms with Gasteiger partial charge in [-0.25, -0.2) is 0 Å². The van der Waals surface area contributed by atoms with Crippen LogP contribution in [0, 0.1) is 5.92 Å². The van der Waals surface area contributed by atoms with Crippen molar-refractivity contribution in [3.8, 4) is 0 Å². The third-order valence-electron chi connectivity index (χ3n) is 5.18. The van der Waals surface area contributed by atoms with Gasteiger partial charge in [-0.3, -0.25) is 4.79 Å². The van der Waals surface area contributed by atoms with E-state index in [2.05, 4.69) is 4.90 Å². The van der Waals surface area contributed by atoms with Crippen LogP contribution >= 0.6 is 11.8 Å². The molecule has 2 aliphatic heterocycles. The Morgan fingerprint density at radius 3 is 2.60 bits per heavy atom. The van der Waals surface area contributed by atoms with E-state index in [0.717, 1.165) is 57.1 Å². The molecule has 0 aromatic heterocycles. The highest BCUT2D eigenvalue weighted by atomic mass is 32.2. The Kier molecular flexibility index (Phi) is 4.92. The Hall–Kier alpha value is -0.220. The first-order valence-corrected chi connectivity index (χ1v) is 9.32. The van der Waals surface area contributed by atoms with Gasteiger partial charge in [0.2, 0.25) is 5.91 Å². The van der Waals surface area contributed by atoms with Gasteiger partial charge in [-0.15, -0.1) is 11.8 Å². The summed E-state index contributed by atoms with van der Waals surface area (Å²) in [5, 5.41) is 0. The van der Waals surface area contributed by atoms with Crippen molar-refractivity contribution >= 4 is 17.7 Å². The number of rotatable bonds is 3. The van der Waals surface area contributed by atoms with Crippen molar-refractivity contribution in [3.05, 3.63) is 0 Å². The Bertz CT molecular complexity index is 325. The molecular weight excluding hydrogens is 270 g/mol. The molecule has 3 rings (SSSR count). The number of hydrogen-bond acceptors (Lipinski definition) is 3. The Morgan fingerprint density at radius 2 is 1.95 bits per heavy atom. The number of thioether (sulfide) groups is 1. The fourth-order valence-corrected chi connectivity index (χ4v) is 5.02. The molecule has 0 aromatic carbocycles. The van der Waals surface area contributed by atoms with E-state index in [1.807, 2.05) is 11.8 Å². The van der Waals surface area contributed by atoms with Crippen LogP contribution in [0.15, 0.2) is 0 Å². The van der Waals surface area contributed by atoms with Crippen molar-refractivity contribution in [1.29, 1.82) is 0 Å². The number of hydrogen-bond donors (Lipinski definition) is 0. The molecule has 2 saturated heterocycles. The van der Waals surface area contributed by atoms with Crippen LogP contribution in [0.1, 0.15) is 57.8 Å². The molecule has 1 spiro atoms. The Labute approximate surface area is 126 Å². The topological polar surface area (TPSA) is 29.5 Å². The molecule has 1 amide bonds. The second-order valence-electron chi connectivity index (χ2n) is 6.53. The van der Waals surface area contributed by atoms with Crippen LogP contribution in [0.2, 0.25) is 0 Å². The van der Waals surface area contributed by atoms with E-state index in [-0.39, 0.29) is 4.93 Å². The summed E-state index contributed by atoms with van der Waals surface area (Å²) in [5.41, 5.74) is 0. The first-order valence-electron chi connectivity index (χ1n) is 8.33. The third kappa shape index (κ3) is 3.51. The minimum absolute atomic E-state index is 0.0557. The molecule has 114 valence electrons. The number of carbonyl (C=O) groups is 1. The molecule has 4 heteroatoms. The highest BCUT2D eigenvalue weighted by molar-refractivity contribution is 8.00. The highest BCUT2D eigenvalue weighted by Gasteiger charge is 2.40. The lowest BCUT2D eigenvalue weighted by Crippen LogP contribution is -2.45. The normalized spacial score (nSPS) is 27.1. The molecule has 0 radical (unpaired) electrons. The highest BCUT2D eigenvalue weighted by Crippen LogP contribution is 2.41. The second-order valence-corrected chi connectivity index (χ2v) is 7.97. The van der Waals surface area contributed by atoms with Crippen molar-refractivity contribution in [1.82, 2.24) is 4.90 Å². The molecule has 3 nitrogen and oxygen atoms in total. The van der Waals surface area contributed by atoms with E-state index in [9.17, 15) is 4.79 Å². The summed E-state index contributed by atoms with van der Waals surface area (Å²) in [7, 11) is 0. The van der Waals surface area contributed by atoms with Crippen molar-refractivity contribution < 1.29 is 9.53 Å². The zero-order valence-electron chi connectivity index (χ0n) is 12.4. The lowest BCUT2D eigenvalue weighted by Gasteiger charge is -2.38. The molecule has 0 bridgehead atoms. The third-order valence-corrected chi connectivity index (χ3v) is 6.61. The summed E-state index contributed by atoms with van der Waals surface area (Å²) in [5.74, 6) is 2.32. The van der Waals surface area contributed by atoms with Crippen molar-refractivity contribution in [3.63, 3.8) is 0 Å². The number of nitrogens with zero attached hydrogens (tertiary/aromatic N) is 1. The van der Waals surface area contributed by atoms with Crippen LogP contribution in [0.5, 0.6) is 0 Å². The standard InChI is InChI=1S/C16H27NO2S/c18-15(7-6-14-4-2-1-3-5-14)17-10-8-16(9-11-17)19-12-13-20-16/h14H,1-13H2. The average Bonchev–Trinajstić information content (AvgIpc) is 2.95. The van der Waals surface area contributed by atoms with E-state index in [1.54, 1.807) is 0 Å². The fraction of sp³-hybridized carbons (Fsp3) is 0.938. The predicted octanol–water partition coefficient (Wildman–Crippen LogP) is 3.43. The summed E-state index contributed by atoms with van der Waals surface area (Å²) in [6, 6.07) is 0. The molecule has 3 aliphatic rings. The largest absolute Gasteiger partial charge is 0.363 e. The SMILES string of the molecule is O=C(CCC1CCCCC1)N1CCC2(CC1)OCCS2. The number of carbonyl (C=O) groups excluding carboxylic acids is 1. The van der Waals surface area contributed by atoms with E-state index in [1.165, 1.54) is 32.1 Å². The van der Waals surface area contributed by atoms with Gasteiger partial charge in [0, 0.05) is 38.1 Å². The minimum atomic E-state index is 0.0557. The lowest BCUT2D eigenvalue weighted by molar-refractivity contribution is -0.134. The molecule has 0 atom stereocenters. The number of likely N-dealkylation sites (tertiary alicyclic amines) is 1. The number of piperidine rings is 1. The zero-order valence-corrected chi connectivity index (χ0v) is 13.3. The van der Waals surface area contributed by atoms with Gasteiger partial charge in [-0.2, -0.15) is 0 Å². The Balaban J connectivity index is 1.39. The maximum Gasteiger partial charge on any atom is 0.222 e. The van der Waals surface area contributed by atoms with Crippen LogP contribution in [-0.2, 0) is 9.53 Å². The first-order chi connectivity index (χ1) is 9.77. The van der Waals surface area contributed by atoms with E-state index >= 15 is 0 Å². The lowest BCUT2D eigenvalue weighted by atomic mass is 9.86. The van der Waals surface area contributed by atoms with E-state index in [0.29, 0.717) is 5.91 Å². The summed E-state index contributed by atoms with van der Waals surface area (Å²) < 4.78 is 5.89. The van der Waals surface area contributed by atoms with Crippen molar-refractivity contribution in [2.24, 2.45) is 5.92 Å². The second kappa shape index (κ2) is 6.69. The van der Waals surface area contributed by atoms with Crippen LogP contribution in [0.25, 0.3) is 0 Å². The predicted molar refractivity (Wildman–Crippen MR) is 82.8 cm³/mol. The summed E-state index contributed by atoms with van der Waals surface area (Å²) in [6.07, 6.45) is 10.8. The maximum absolute atomic E-state index is 12.3. The monoisotopic (exact) mass is 297 g/mol. The molecule has 0 aromatic rings. The molecule has 1 saturated carbocycles. The van der Waals surface area contributed by atoms with Crippen LogP contribution in [0.3, 0.4) is 0 Å². The first kappa shape index (κ1) is 14.7. The van der Waals surface area contributed by atoms with Crippen LogP contribution < -0.4 is 0 Å². The number of ether oxygens (including phenoxy) is 1. The molecule has 1 aliphatic carbocycles. The van der Waals surface area contributed by atoms with Crippen molar-refractivity contribution in [2.45, 2.75) is 62.7 Å². The van der Waals surface area contributed by atoms with Gasteiger partial charge >= 0.3 is 0 Å². The Morgan fingerprint density at radius 1 is 1.20 bits per heavy atom. The average molecular weight is 297 g/mol. The molecule has 0 N–H and O–H groups in total. The molecule has 2 heterocycles. The summed E-state index contributed by atoms with van der Waals surface area (Å²) >= 11 is 1.96. The fourth-order valence-electron chi connectivity index (χ4n) is 3.84. The molecular formula is C16H27NO2S. The van der Waals surface area contributed by atoms with Gasteiger partial charge in [0.15, 0.2) is 0 Å². The smallest absolute Gasteiger partial charge is 0.222 e. The van der Waals surface area contributed by atoms with Gasteiger partial charge in [0.1, 0.15) is 4.93 Å². The van der Waals surface area contributed by atoms with E-state index in [4.69, 9.17) is 4.74 Å². The van der Waals surface area contributed by atoms with Gasteiger partial charge in [0.05, 0.1) is 6.61 Å². The quantitative estimate of drug-likeness (QED) is 0.799. The summed E-state index contributed by atoms with van der Waals surface area (Å²) in [6.45, 7) is 2.69. The molecule has 20 heavy (non-hydrogen) atoms. The molecule has 0 unspecified atom stereocenters. The van der Waals surface area contributed by atoms with Gasteiger partial charge < -0.3 is 9.64 Å². The van der Waals surface area contributed by atoms with Gasteiger partial charge in [-0.1, -0.05) is 32.1 Å². The number of amides is 1. The maximum atomic E-state index is 12.3. The van der Waals surface area contributed by atoms with E-state index < -0.39 is 0 Å². The minimum Gasteiger partial charge on any atom is -0.363 e. The van der Waals surface area contributed by atoms with Crippen molar-refractivity contribution in [2.75, 3.05) is 25.4 Å². The van der Waals surface area contributed by atoms with Gasteiger partial charge in [-0.05, 0) is 12.3 Å². The van der Waals surface area contributed by atoms with Crippen LogP contribution in [-0.4, -0.2) is 41.2 Å².